The third-order valence-electron chi connectivity index (χ3n) is 18.7. The van der Waals surface area contributed by atoms with Crippen LogP contribution in [-0.2, 0) is 32.5 Å². The summed E-state index contributed by atoms with van der Waals surface area (Å²) in [7, 11) is 0. The summed E-state index contributed by atoms with van der Waals surface area (Å²) in [6, 6.07) is 87.0. The molecule has 0 aromatic heterocycles. The lowest BCUT2D eigenvalue weighted by Crippen LogP contribution is -2.45. The average molecular weight is 1040 g/mol. The van der Waals surface area contributed by atoms with Gasteiger partial charge in [-0.05, 0) is 157 Å². The van der Waals surface area contributed by atoms with Gasteiger partial charge in [-0.2, -0.15) is 0 Å². The maximum atomic E-state index is 2.47. The summed E-state index contributed by atoms with van der Waals surface area (Å²) in [6.07, 6.45) is 0. The molecule has 80 heavy (non-hydrogen) atoms. The first-order valence-electron chi connectivity index (χ1n) is 28.9. The van der Waals surface area contributed by atoms with Gasteiger partial charge < -0.3 is 9.80 Å². The summed E-state index contributed by atoms with van der Waals surface area (Å²) in [5.41, 5.74) is 28.5. The van der Waals surface area contributed by atoms with Crippen LogP contribution in [0, 0.1) is 13.8 Å². The van der Waals surface area contributed by atoms with Gasteiger partial charge in [-0.3, -0.25) is 0 Å². The van der Waals surface area contributed by atoms with Crippen LogP contribution in [0.25, 0.3) is 0 Å². The second-order valence-electron chi connectivity index (χ2n) is 26.2. The predicted molar refractivity (Wildman–Crippen MR) is 337 cm³/mol. The van der Waals surface area contributed by atoms with Crippen molar-refractivity contribution in [2.45, 2.75) is 116 Å². The first kappa shape index (κ1) is 51.3. The van der Waals surface area contributed by atoms with E-state index in [2.05, 4.69) is 323 Å². The fourth-order valence-electron chi connectivity index (χ4n) is 15.0. The number of benzene rings is 10. The Morgan fingerprint density at radius 3 is 1.01 bits per heavy atom. The molecular weight excluding hydrogens is 965 g/mol. The summed E-state index contributed by atoms with van der Waals surface area (Å²) in [6.45, 7) is 27.7. The van der Waals surface area contributed by atoms with E-state index in [1.165, 1.54) is 123 Å². The van der Waals surface area contributed by atoms with Gasteiger partial charge in [0.05, 0.1) is 33.6 Å². The molecule has 10 aromatic rings. The molecule has 2 heterocycles. The summed E-state index contributed by atoms with van der Waals surface area (Å²) in [5, 5.41) is 0. The number of anilines is 6. The maximum Gasteiger partial charge on any atom is 0.0748 e. The monoisotopic (exact) mass is 1040 g/mol. The van der Waals surface area contributed by atoms with E-state index in [0.717, 1.165) is 0 Å². The van der Waals surface area contributed by atoms with Crippen LogP contribution >= 0.6 is 0 Å². The topological polar surface area (TPSA) is 6.48 Å². The third-order valence-corrected chi connectivity index (χ3v) is 18.7. The van der Waals surface area contributed by atoms with Gasteiger partial charge in [0.15, 0.2) is 0 Å². The summed E-state index contributed by atoms with van der Waals surface area (Å²) in [5.74, 6) is 0. The lowest BCUT2D eigenvalue weighted by molar-refractivity contribution is 0.553. The Labute approximate surface area is 476 Å². The minimum absolute atomic E-state index is 0.102. The molecule has 0 N–H and O–H groups in total. The van der Waals surface area contributed by atoms with Crippen molar-refractivity contribution in [2.75, 3.05) is 9.80 Å². The molecule has 0 fully saturated rings. The molecule has 0 unspecified atom stereocenters. The van der Waals surface area contributed by atoms with Crippen LogP contribution < -0.4 is 9.80 Å². The Bertz CT molecular complexity index is 3790. The molecule has 2 nitrogen and oxygen atoms in total. The zero-order valence-electron chi connectivity index (χ0n) is 48.8. The highest BCUT2D eigenvalue weighted by Crippen LogP contribution is 2.65. The zero-order valence-corrected chi connectivity index (χ0v) is 48.8. The van der Waals surface area contributed by atoms with Gasteiger partial charge in [-0.1, -0.05) is 257 Å². The first-order valence-corrected chi connectivity index (χ1v) is 28.9. The van der Waals surface area contributed by atoms with Crippen LogP contribution in [0.15, 0.2) is 231 Å². The van der Waals surface area contributed by atoms with E-state index in [0.29, 0.717) is 0 Å². The lowest BCUT2D eigenvalue weighted by Gasteiger charge is -2.52. The fraction of sp³-hybridized carbons (Fsp3) is 0.231. The Kier molecular flexibility index (Phi) is 11.6. The molecule has 10 aromatic carbocycles. The molecule has 2 spiro atoms. The van der Waals surface area contributed by atoms with Gasteiger partial charge in [-0.25, -0.2) is 0 Å². The van der Waals surface area contributed by atoms with Crippen molar-refractivity contribution >= 4 is 34.1 Å². The van der Waals surface area contributed by atoms with Gasteiger partial charge >= 0.3 is 0 Å². The number of rotatable bonds is 2. The number of aryl methyl sites for hydroxylation is 2. The molecule has 396 valence electrons. The van der Waals surface area contributed by atoms with Crippen LogP contribution in [0.4, 0.5) is 34.1 Å². The molecule has 4 aliphatic rings. The normalized spacial score (nSPS) is 16.1. The van der Waals surface area contributed by atoms with Gasteiger partial charge in [0.1, 0.15) is 0 Å². The molecule has 14 rings (SSSR count). The van der Waals surface area contributed by atoms with Crippen molar-refractivity contribution in [1.29, 1.82) is 0 Å². The van der Waals surface area contributed by atoms with Crippen LogP contribution in [0.1, 0.15) is 158 Å². The van der Waals surface area contributed by atoms with Gasteiger partial charge in [0.25, 0.3) is 0 Å². The molecule has 0 atom stereocenters. The van der Waals surface area contributed by atoms with Gasteiger partial charge in [0, 0.05) is 22.2 Å². The minimum Gasteiger partial charge on any atom is -0.310 e. The van der Waals surface area contributed by atoms with Crippen molar-refractivity contribution in [3.63, 3.8) is 0 Å². The number of hydrogen-bond donors (Lipinski definition) is 0. The Morgan fingerprint density at radius 1 is 0.287 bits per heavy atom. The first-order chi connectivity index (χ1) is 38.3. The highest BCUT2D eigenvalue weighted by molar-refractivity contribution is 5.93. The maximum absolute atomic E-state index is 2.47. The molecule has 2 heteroatoms. The minimum atomic E-state index is -0.414. The van der Waals surface area contributed by atoms with Crippen LogP contribution in [0.5, 0.6) is 0 Å². The Hall–Kier alpha value is -8.20. The van der Waals surface area contributed by atoms with E-state index >= 15 is 0 Å². The lowest BCUT2D eigenvalue weighted by atomic mass is 9.52. The molecular formula is C78H74N2. The van der Waals surface area contributed by atoms with E-state index in [1.807, 2.05) is 0 Å². The quantitative estimate of drug-likeness (QED) is 0.170. The SMILES string of the molecule is Cc1ccc2c(c1)C1(c3ccccc3N(c3ccc(C(C)(C)C)cc3)c3ccccc31)c1ccccc1C2(C)C.Cc1cccc2c1C(C)(C)c1ccccc1C21c2ccccc2N(c2ccc(C(C)(C)C)cc2)c2ccccc21. The number of nitrogens with zero attached hydrogens (tertiary/aromatic N) is 2. The average Bonchev–Trinajstić information content (AvgIpc) is 2.24. The highest BCUT2D eigenvalue weighted by atomic mass is 15.2. The van der Waals surface area contributed by atoms with E-state index in [-0.39, 0.29) is 21.7 Å². The Morgan fingerprint density at radius 2 is 0.613 bits per heavy atom. The van der Waals surface area contributed by atoms with Crippen molar-refractivity contribution in [3.8, 4) is 0 Å². The second-order valence-corrected chi connectivity index (χ2v) is 26.2. The van der Waals surface area contributed by atoms with E-state index < -0.39 is 10.8 Å². The Balaban J connectivity index is 0.000000151. The summed E-state index contributed by atoms with van der Waals surface area (Å²) in [4.78, 5) is 4.94. The van der Waals surface area contributed by atoms with E-state index in [1.54, 1.807) is 0 Å². The summed E-state index contributed by atoms with van der Waals surface area (Å²) >= 11 is 0. The molecule has 2 aliphatic carbocycles. The highest BCUT2D eigenvalue weighted by Gasteiger charge is 2.55. The molecule has 0 amide bonds. The number of para-hydroxylation sites is 4. The van der Waals surface area contributed by atoms with Gasteiger partial charge in [0.2, 0.25) is 0 Å². The predicted octanol–water partition coefficient (Wildman–Crippen LogP) is 20.2. The molecule has 0 saturated carbocycles. The molecule has 0 bridgehead atoms. The molecule has 0 radical (unpaired) electrons. The molecule has 2 aliphatic heterocycles. The van der Waals surface area contributed by atoms with Gasteiger partial charge in [-0.15, -0.1) is 0 Å². The van der Waals surface area contributed by atoms with E-state index in [9.17, 15) is 0 Å². The summed E-state index contributed by atoms with van der Waals surface area (Å²) < 4.78 is 0. The molecule has 0 saturated heterocycles. The third kappa shape index (κ3) is 7.30. The van der Waals surface area contributed by atoms with Crippen molar-refractivity contribution < 1.29 is 0 Å². The number of hydrogen-bond acceptors (Lipinski definition) is 2. The largest absolute Gasteiger partial charge is 0.310 e. The fourth-order valence-corrected chi connectivity index (χ4v) is 15.0. The number of fused-ring (bicyclic) bond motifs is 16. The van der Waals surface area contributed by atoms with Crippen LogP contribution in [-0.4, -0.2) is 0 Å². The smallest absolute Gasteiger partial charge is 0.0748 e. The van der Waals surface area contributed by atoms with Crippen molar-refractivity contribution in [2.24, 2.45) is 0 Å². The van der Waals surface area contributed by atoms with Crippen molar-refractivity contribution in [1.82, 2.24) is 0 Å². The van der Waals surface area contributed by atoms with Crippen molar-refractivity contribution in [3.05, 3.63) is 320 Å². The second kappa shape index (κ2) is 18.2. The van der Waals surface area contributed by atoms with Crippen LogP contribution in [0.3, 0.4) is 0 Å². The zero-order chi connectivity index (χ0) is 55.7. The van der Waals surface area contributed by atoms with Crippen LogP contribution in [0.2, 0.25) is 0 Å². The standard InChI is InChI=1S/2C39H37N/c1-26-14-13-19-33-36(26)38(5,6)29-15-7-8-16-30(29)39(33)31-17-9-11-20-34(31)40(35-21-12-10-18-32(35)39)28-24-22-27(23-25-28)37(2,3)4;1-26-19-24-30-34(25-26)39(31-14-8-7-13-29(31)38(30,5)6)32-15-9-11-17-35(32)40(36-18-12-10-16-33(36)39)28-22-20-27(21-23-28)37(2,3)4/h2*7-25H,1-6H3. The van der Waals surface area contributed by atoms with E-state index in [4.69, 9.17) is 0 Å².